The zero-order valence-corrected chi connectivity index (χ0v) is 9.60. The summed E-state index contributed by atoms with van der Waals surface area (Å²) < 4.78 is 5.59. The van der Waals surface area contributed by atoms with Gasteiger partial charge in [-0.25, -0.2) is 0 Å². The molecule has 0 saturated carbocycles. The Hall–Kier alpha value is -1.93. The van der Waals surface area contributed by atoms with Gasteiger partial charge in [-0.1, -0.05) is 29.9 Å². The molecule has 0 radical (unpaired) electrons. The minimum atomic E-state index is 0.316. The molecular weight excluding hydrogens is 202 g/mol. The smallest absolute Gasteiger partial charge is 0.126 e. The van der Waals surface area contributed by atoms with E-state index in [4.69, 9.17) is 10.3 Å². The Balaban J connectivity index is 3.13. The number of benzene rings is 1. The number of rotatable bonds is 5. The lowest BCUT2D eigenvalue weighted by Crippen LogP contribution is -2.01. The van der Waals surface area contributed by atoms with Gasteiger partial charge < -0.3 is 4.74 Å². The maximum absolute atomic E-state index is 8.36. The summed E-state index contributed by atoms with van der Waals surface area (Å²) >= 11 is 0. The van der Waals surface area contributed by atoms with Crippen LogP contribution in [0.25, 0.3) is 10.4 Å². The van der Waals surface area contributed by atoms with Crippen LogP contribution in [-0.2, 0) is 6.54 Å². The van der Waals surface area contributed by atoms with Crippen LogP contribution < -0.4 is 4.74 Å². The Labute approximate surface area is 95.2 Å². The van der Waals surface area contributed by atoms with Gasteiger partial charge in [0, 0.05) is 10.5 Å². The third-order valence-corrected chi connectivity index (χ3v) is 2.33. The van der Waals surface area contributed by atoms with Crippen molar-refractivity contribution in [3.63, 3.8) is 0 Å². The first-order valence-electron chi connectivity index (χ1n) is 5.04. The van der Waals surface area contributed by atoms with Crippen molar-refractivity contribution in [2.75, 3.05) is 6.61 Å². The van der Waals surface area contributed by atoms with Crippen molar-refractivity contribution in [3.8, 4) is 5.75 Å². The van der Waals surface area contributed by atoms with Gasteiger partial charge in [0.1, 0.15) is 12.4 Å². The molecule has 0 saturated heterocycles. The van der Waals surface area contributed by atoms with E-state index in [9.17, 15) is 0 Å². The summed E-state index contributed by atoms with van der Waals surface area (Å²) in [4.78, 5) is 2.77. The van der Waals surface area contributed by atoms with E-state index in [2.05, 4.69) is 16.6 Å². The summed E-state index contributed by atoms with van der Waals surface area (Å²) in [6.45, 7) is 8.32. The van der Waals surface area contributed by atoms with Crippen molar-refractivity contribution < 1.29 is 4.74 Å². The lowest BCUT2D eigenvalue weighted by Gasteiger charge is -2.14. The van der Waals surface area contributed by atoms with E-state index in [0.29, 0.717) is 13.2 Å². The maximum atomic E-state index is 8.36. The van der Waals surface area contributed by atoms with E-state index < -0.39 is 0 Å². The van der Waals surface area contributed by atoms with Gasteiger partial charge in [0.15, 0.2) is 0 Å². The third kappa shape index (κ3) is 2.78. The Bertz CT molecular complexity index is 434. The fourth-order valence-corrected chi connectivity index (χ4v) is 1.49. The van der Waals surface area contributed by atoms with E-state index in [1.54, 1.807) is 6.08 Å². The molecule has 0 heterocycles. The van der Waals surface area contributed by atoms with Gasteiger partial charge in [0.05, 0.1) is 6.54 Å². The highest BCUT2D eigenvalue weighted by Gasteiger charge is 2.08. The molecule has 1 rings (SSSR count). The summed E-state index contributed by atoms with van der Waals surface area (Å²) in [7, 11) is 0. The van der Waals surface area contributed by atoms with Crippen molar-refractivity contribution in [2.45, 2.75) is 20.4 Å². The molecule has 0 unspecified atom stereocenters. The zero-order chi connectivity index (χ0) is 12.0. The molecule has 84 valence electrons. The normalized spacial score (nSPS) is 9.38. The summed E-state index contributed by atoms with van der Waals surface area (Å²) in [5.74, 6) is 0.798. The quantitative estimate of drug-likeness (QED) is 0.321. The van der Waals surface area contributed by atoms with Crippen molar-refractivity contribution in [1.82, 2.24) is 0 Å². The van der Waals surface area contributed by atoms with Gasteiger partial charge >= 0.3 is 0 Å². The lowest BCUT2D eigenvalue weighted by atomic mass is 10.0. The lowest BCUT2D eigenvalue weighted by molar-refractivity contribution is 0.356. The van der Waals surface area contributed by atoms with E-state index >= 15 is 0 Å². The second kappa shape index (κ2) is 5.83. The van der Waals surface area contributed by atoms with E-state index in [1.165, 1.54) is 0 Å². The highest BCUT2D eigenvalue weighted by Crippen LogP contribution is 2.27. The summed E-state index contributed by atoms with van der Waals surface area (Å²) in [6, 6.07) is 3.99. The van der Waals surface area contributed by atoms with Gasteiger partial charge in [0.2, 0.25) is 0 Å². The second-order valence-electron chi connectivity index (χ2n) is 3.50. The second-order valence-corrected chi connectivity index (χ2v) is 3.50. The Morgan fingerprint density at radius 3 is 2.75 bits per heavy atom. The number of hydrogen-bond acceptors (Lipinski definition) is 2. The van der Waals surface area contributed by atoms with E-state index in [1.807, 2.05) is 26.0 Å². The maximum Gasteiger partial charge on any atom is 0.126 e. The van der Waals surface area contributed by atoms with Gasteiger partial charge in [-0.05, 0) is 30.5 Å². The fourth-order valence-electron chi connectivity index (χ4n) is 1.49. The highest BCUT2D eigenvalue weighted by molar-refractivity contribution is 5.45. The molecule has 4 nitrogen and oxygen atoms in total. The molecule has 0 atom stereocenters. The van der Waals surface area contributed by atoms with Crippen LogP contribution in [0.15, 0.2) is 29.9 Å². The zero-order valence-electron chi connectivity index (χ0n) is 9.60. The summed E-state index contributed by atoms with van der Waals surface area (Å²) in [5, 5.41) is 3.59. The summed E-state index contributed by atoms with van der Waals surface area (Å²) in [6.07, 6.45) is 1.69. The molecule has 0 spiro atoms. The molecule has 0 aromatic heterocycles. The van der Waals surface area contributed by atoms with Crippen molar-refractivity contribution >= 4 is 0 Å². The van der Waals surface area contributed by atoms with Gasteiger partial charge in [-0.2, -0.15) is 0 Å². The van der Waals surface area contributed by atoms with Crippen molar-refractivity contribution in [3.05, 3.63) is 51.9 Å². The molecule has 0 fully saturated rings. The van der Waals surface area contributed by atoms with Crippen LogP contribution in [0.1, 0.15) is 16.7 Å². The topological polar surface area (TPSA) is 58.0 Å². The molecule has 16 heavy (non-hydrogen) atoms. The predicted molar refractivity (Wildman–Crippen MR) is 64.5 cm³/mol. The van der Waals surface area contributed by atoms with Crippen LogP contribution in [0.3, 0.4) is 0 Å². The molecule has 0 aliphatic rings. The first-order chi connectivity index (χ1) is 7.70. The molecule has 1 aromatic rings. The number of hydrogen-bond donors (Lipinski definition) is 0. The van der Waals surface area contributed by atoms with Gasteiger partial charge in [-0.3, -0.25) is 0 Å². The molecular formula is C12H15N3O. The fraction of sp³-hybridized carbons (Fsp3) is 0.333. The van der Waals surface area contributed by atoms with Crippen molar-refractivity contribution in [1.29, 1.82) is 0 Å². The Morgan fingerprint density at radius 1 is 1.44 bits per heavy atom. The Kier molecular flexibility index (Phi) is 4.42. The van der Waals surface area contributed by atoms with Crippen LogP contribution >= 0.6 is 0 Å². The number of azide groups is 1. The van der Waals surface area contributed by atoms with Crippen LogP contribution in [-0.4, -0.2) is 6.61 Å². The van der Waals surface area contributed by atoms with Crippen LogP contribution in [0.5, 0.6) is 5.75 Å². The SMILES string of the molecule is C=CCOc1c(C)ccc(C)c1CN=[N+]=[N-]. The van der Waals surface area contributed by atoms with Crippen LogP contribution in [0, 0.1) is 13.8 Å². The molecule has 1 aromatic carbocycles. The van der Waals surface area contributed by atoms with Gasteiger partial charge in [-0.15, -0.1) is 0 Å². The number of aryl methyl sites for hydroxylation is 2. The van der Waals surface area contributed by atoms with Crippen LogP contribution in [0.4, 0.5) is 0 Å². The first-order valence-corrected chi connectivity index (χ1v) is 5.04. The predicted octanol–water partition coefficient (Wildman–Crippen LogP) is 3.68. The van der Waals surface area contributed by atoms with Crippen molar-refractivity contribution in [2.24, 2.45) is 5.11 Å². The number of nitrogens with zero attached hydrogens (tertiary/aromatic N) is 3. The van der Waals surface area contributed by atoms with Crippen LogP contribution in [0.2, 0.25) is 0 Å². The van der Waals surface area contributed by atoms with E-state index in [-0.39, 0.29) is 0 Å². The van der Waals surface area contributed by atoms with E-state index in [0.717, 1.165) is 22.4 Å². The molecule has 0 aliphatic heterocycles. The minimum absolute atomic E-state index is 0.316. The molecule has 0 aliphatic carbocycles. The monoisotopic (exact) mass is 217 g/mol. The first kappa shape index (κ1) is 12.1. The largest absolute Gasteiger partial charge is 0.489 e. The third-order valence-electron chi connectivity index (χ3n) is 2.33. The Morgan fingerprint density at radius 2 is 2.12 bits per heavy atom. The molecule has 4 heteroatoms. The molecule has 0 bridgehead atoms. The molecule has 0 N–H and O–H groups in total. The number of ether oxygens (including phenoxy) is 1. The highest BCUT2D eigenvalue weighted by atomic mass is 16.5. The minimum Gasteiger partial charge on any atom is -0.489 e. The molecule has 0 amide bonds. The summed E-state index contributed by atoms with van der Waals surface area (Å²) in [5.41, 5.74) is 11.4. The average Bonchev–Trinajstić information content (AvgIpc) is 2.29. The standard InChI is InChI=1S/C12H15N3O/c1-4-7-16-12-10(3)6-5-9(2)11(12)8-14-15-13/h4-6H,1,7-8H2,2-3H3. The van der Waals surface area contributed by atoms with Gasteiger partial charge in [0.25, 0.3) is 0 Å². The average molecular weight is 217 g/mol.